The molecule has 1 aromatic carbocycles. The van der Waals surface area contributed by atoms with Crippen LogP contribution in [0.25, 0.3) is 0 Å². The summed E-state index contributed by atoms with van der Waals surface area (Å²) in [6, 6.07) is 3.16. The van der Waals surface area contributed by atoms with Gasteiger partial charge in [-0.1, -0.05) is 0 Å². The zero-order valence-corrected chi connectivity index (χ0v) is 13.2. The molecular weight excluding hydrogens is 288 g/mol. The molecule has 21 heavy (non-hydrogen) atoms. The number of rotatable bonds is 5. The zero-order valence-electron chi connectivity index (χ0n) is 12.4. The second-order valence-corrected chi connectivity index (χ2v) is 6.54. The third-order valence-electron chi connectivity index (χ3n) is 3.57. The summed E-state index contributed by atoms with van der Waals surface area (Å²) >= 11 is 0. The Balaban J connectivity index is 2.30. The largest absolute Gasteiger partial charge is 0.379 e. The van der Waals surface area contributed by atoms with Gasteiger partial charge in [0.25, 0.3) is 0 Å². The van der Waals surface area contributed by atoms with Gasteiger partial charge in [-0.05, 0) is 44.0 Å². The summed E-state index contributed by atoms with van der Waals surface area (Å²) in [5, 5.41) is 8.47. The van der Waals surface area contributed by atoms with E-state index in [9.17, 15) is 8.42 Å². The Morgan fingerprint density at radius 1 is 1.33 bits per heavy atom. The van der Waals surface area contributed by atoms with Crippen LogP contribution >= 0.6 is 0 Å². The summed E-state index contributed by atoms with van der Waals surface area (Å²) in [5.74, 6) is 0. The van der Waals surface area contributed by atoms with Gasteiger partial charge in [0.1, 0.15) is 0 Å². The molecule has 2 aromatic rings. The third-order valence-corrected chi connectivity index (χ3v) is 4.46. The minimum absolute atomic E-state index is 0.122. The van der Waals surface area contributed by atoms with Gasteiger partial charge in [-0.2, -0.15) is 0 Å². The Morgan fingerprint density at radius 2 is 2.05 bits per heavy atom. The molecule has 0 saturated heterocycles. The van der Waals surface area contributed by atoms with Gasteiger partial charge in [-0.3, -0.25) is 0 Å². The van der Waals surface area contributed by atoms with Crippen LogP contribution in [0.2, 0.25) is 0 Å². The smallest absolute Gasteiger partial charge is 0.238 e. The van der Waals surface area contributed by atoms with E-state index in [2.05, 4.69) is 10.3 Å². The summed E-state index contributed by atoms with van der Waals surface area (Å²) in [5.41, 5.74) is 3.69. The first-order chi connectivity index (χ1) is 9.82. The van der Waals surface area contributed by atoms with Gasteiger partial charge in [0.05, 0.1) is 23.5 Å². The summed E-state index contributed by atoms with van der Waals surface area (Å²) in [7, 11) is -3.71. The number of primary sulfonamides is 1. The fraction of sp³-hybridized carbons (Fsp3) is 0.357. The van der Waals surface area contributed by atoms with E-state index in [1.54, 1.807) is 24.7 Å². The molecule has 1 aromatic heterocycles. The zero-order chi connectivity index (χ0) is 15.6. The number of nitrogens with one attached hydrogen (secondary N) is 1. The molecule has 0 unspecified atom stereocenters. The van der Waals surface area contributed by atoms with Crippen molar-refractivity contribution in [1.82, 2.24) is 9.55 Å². The second kappa shape index (κ2) is 5.87. The van der Waals surface area contributed by atoms with Crippen molar-refractivity contribution < 1.29 is 8.42 Å². The Kier molecular flexibility index (Phi) is 4.34. The average Bonchev–Trinajstić information content (AvgIpc) is 2.86. The van der Waals surface area contributed by atoms with E-state index >= 15 is 0 Å². The maximum absolute atomic E-state index is 11.5. The van der Waals surface area contributed by atoms with Gasteiger partial charge < -0.3 is 9.88 Å². The van der Waals surface area contributed by atoms with Crippen molar-refractivity contribution in [2.45, 2.75) is 38.8 Å². The van der Waals surface area contributed by atoms with Crippen LogP contribution < -0.4 is 10.5 Å². The summed E-state index contributed by atoms with van der Waals surface area (Å²) in [4.78, 5) is 4.23. The molecule has 1 heterocycles. The minimum Gasteiger partial charge on any atom is -0.379 e. The molecule has 0 aliphatic rings. The first-order valence-corrected chi connectivity index (χ1v) is 8.24. The van der Waals surface area contributed by atoms with E-state index in [1.165, 1.54) is 0 Å². The highest BCUT2D eigenvalue weighted by Gasteiger charge is 2.12. The number of benzene rings is 1. The van der Waals surface area contributed by atoms with Crippen molar-refractivity contribution in [1.29, 1.82) is 0 Å². The Hall–Kier alpha value is -1.86. The first kappa shape index (κ1) is 15.5. The van der Waals surface area contributed by atoms with E-state index in [0.29, 0.717) is 6.54 Å². The molecule has 0 aliphatic carbocycles. The van der Waals surface area contributed by atoms with Crippen LogP contribution in [0.5, 0.6) is 0 Å². The molecule has 114 valence electrons. The van der Waals surface area contributed by atoms with Crippen LogP contribution in [0.4, 0.5) is 5.69 Å². The van der Waals surface area contributed by atoms with Crippen LogP contribution in [0.1, 0.15) is 23.7 Å². The molecule has 0 bridgehead atoms. The fourth-order valence-electron chi connectivity index (χ4n) is 2.14. The third kappa shape index (κ3) is 3.43. The topological polar surface area (TPSA) is 90.0 Å². The Morgan fingerprint density at radius 3 is 2.67 bits per heavy atom. The number of hydrogen-bond acceptors (Lipinski definition) is 4. The van der Waals surface area contributed by atoms with Crippen molar-refractivity contribution >= 4 is 15.7 Å². The number of imidazole rings is 1. The van der Waals surface area contributed by atoms with Gasteiger partial charge in [-0.15, -0.1) is 0 Å². The fourth-order valence-corrected chi connectivity index (χ4v) is 2.76. The maximum Gasteiger partial charge on any atom is 0.238 e. The van der Waals surface area contributed by atoms with Gasteiger partial charge in [0, 0.05) is 18.4 Å². The van der Waals surface area contributed by atoms with E-state index < -0.39 is 10.0 Å². The van der Waals surface area contributed by atoms with Crippen LogP contribution in [0, 0.1) is 13.8 Å². The highest BCUT2D eigenvalue weighted by Crippen LogP contribution is 2.24. The predicted octanol–water partition coefficient (Wildman–Crippen LogP) is 1.78. The van der Waals surface area contributed by atoms with Crippen LogP contribution in [-0.2, 0) is 23.1 Å². The number of hydrogen-bond donors (Lipinski definition) is 2. The summed E-state index contributed by atoms with van der Waals surface area (Å²) in [6.07, 6.45) is 3.57. The lowest BCUT2D eigenvalue weighted by atomic mass is 10.1. The molecule has 0 saturated carbocycles. The molecular formula is C14H20N4O2S. The van der Waals surface area contributed by atoms with Gasteiger partial charge in [0.2, 0.25) is 10.0 Å². The highest BCUT2D eigenvalue weighted by atomic mass is 32.2. The van der Waals surface area contributed by atoms with Crippen LogP contribution in [0.3, 0.4) is 0 Å². The summed E-state index contributed by atoms with van der Waals surface area (Å²) < 4.78 is 25.1. The number of anilines is 1. The molecule has 0 radical (unpaired) electrons. The minimum atomic E-state index is -3.71. The molecule has 2 rings (SSSR count). The van der Waals surface area contributed by atoms with E-state index in [0.717, 1.165) is 29.1 Å². The normalized spacial score (nSPS) is 11.6. The molecule has 7 heteroatoms. The average molecular weight is 308 g/mol. The van der Waals surface area contributed by atoms with E-state index in [4.69, 9.17) is 5.14 Å². The van der Waals surface area contributed by atoms with Gasteiger partial charge in [-0.25, -0.2) is 18.5 Å². The highest BCUT2D eigenvalue weighted by molar-refractivity contribution is 7.89. The second-order valence-electron chi connectivity index (χ2n) is 4.98. The quantitative estimate of drug-likeness (QED) is 0.881. The molecule has 0 spiro atoms. The SMILES string of the molecule is CCn1cncc1CNc1cc(S(N)(=O)=O)cc(C)c1C. The van der Waals surface area contributed by atoms with E-state index in [1.807, 2.05) is 25.3 Å². The lowest BCUT2D eigenvalue weighted by Gasteiger charge is -2.14. The molecule has 0 fully saturated rings. The van der Waals surface area contributed by atoms with Crippen molar-refractivity contribution in [2.24, 2.45) is 5.14 Å². The first-order valence-electron chi connectivity index (χ1n) is 6.70. The predicted molar refractivity (Wildman–Crippen MR) is 82.5 cm³/mol. The van der Waals surface area contributed by atoms with Gasteiger partial charge >= 0.3 is 0 Å². The van der Waals surface area contributed by atoms with Crippen molar-refractivity contribution in [2.75, 3.05) is 5.32 Å². The molecule has 3 N–H and O–H groups in total. The number of aryl methyl sites for hydroxylation is 2. The van der Waals surface area contributed by atoms with Crippen molar-refractivity contribution in [3.05, 3.63) is 41.5 Å². The maximum atomic E-state index is 11.5. The molecule has 0 amide bonds. The van der Waals surface area contributed by atoms with E-state index in [-0.39, 0.29) is 4.90 Å². The number of aromatic nitrogens is 2. The number of nitrogens with two attached hydrogens (primary N) is 1. The number of sulfonamides is 1. The summed E-state index contributed by atoms with van der Waals surface area (Å²) in [6.45, 7) is 7.27. The van der Waals surface area contributed by atoms with Crippen molar-refractivity contribution in [3.63, 3.8) is 0 Å². The van der Waals surface area contributed by atoms with Crippen LogP contribution in [-0.4, -0.2) is 18.0 Å². The number of nitrogens with zero attached hydrogens (tertiary/aromatic N) is 2. The monoisotopic (exact) mass is 308 g/mol. The molecule has 0 aliphatic heterocycles. The Bertz CT molecular complexity index is 750. The van der Waals surface area contributed by atoms with Gasteiger partial charge in [0.15, 0.2) is 0 Å². The Labute approximate surface area is 125 Å². The lowest BCUT2D eigenvalue weighted by molar-refractivity contribution is 0.597. The molecule has 6 nitrogen and oxygen atoms in total. The van der Waals surface area contributed by atoms with Crippen LogP contribution in [0.15, 0.2) is 29.6 Å². The lowest BCUT2D eigenvalue weighted by Crippen LogP contribution is -2.14. The molecule has 0 atom stereocenters. The van der Waals surface area contributed by atoms with Crippen molar-refractivity contribution in [3.8, 4) is 0 Å². The standard InChI is InChI=1S/C14H20N4O2S/c1-4-18-9-16-7-12(18)8-17-14-6-13(21(15,19)20)5-10(2)11(14)3/h5-7,9,17H,4,8H2,1-3H3,(H2,15,19,20).